The van der Waals surface area contributed by atoms with Crippen molar-refractivity contribution in [2.75, 3.05) is 6.54 Å². The van der Waals surface area contributed by atoms with Crippen molar-refractivity contribution in [2.24, 2.45) is 0 Å². The first-order valence-corrected chi connectivity index (χ1v) is 8.65. The number of nitrogens with one attached hydrogen (secondary N) is 2. The van der Waals surface area contributed by atoms with Gasteiger partial charge in [0.05, 0.1) is 6.42 Å². The molecule has 0 fully saturated rings. The molecule has 2 amide bonds. The van der Waals surface area contributed by atoms with E-state index in [1.165, 1.54) is 0 Å². The zero-order chi connectivity index (χ0) is 18.0. The van der Waals surface area contributed by atoms with Crippen molar-refractivity contribution in [3.8, 4) is 0 Å². The molecule has 1 aromatic carbocycles. The third kappa shape index (κ3) is 3.73. The molecule has 3 rings (SSSR count). The summed E-state index contributed by atoms with van der Waals surface area (Å²) in [5.74, 6) is -0.114. The summed E-state index contributed by atoms with van der Waals surface area (Å²) in [6, 6.07) is 7.97. The number of aromatic amines is 1. The lowest BCUT2D eigenvalue weighted by Crippen LogP contribution is -2.38. The second-order valence-corrected chi connectivity index (χ2v) is 6.83. The number of carbonyl (C=O) groups excluding carboxylic acids is 2. The highest BCUT2D eigenvalue weighted by atomic mass is 16.2. The summed E-state index contributed by atoms with van der Waals surface area (Å²) in [5, 5.41) is 9.98. The Bertz CT molecular complexity index is 794. The summed E-state index contributed by atoms with van der Waals surface area (Å²) >= 11 is 0. The maximum absolute atomic E-state index is 12.7. The smallest absolute Gasteiger partial charge is 0.272 e. The summed E-state index contributed by atoms with van der Waals surface area (Å²) < 4.78 is 0. The minimum Gasteiger partial charge on any atom is -0.348 e. The highest BCUT2D eigenvalue weighted by Crippen LogP contribution is 2.21. The Hall–Kier alpha value is -2.63. The van der Waals surface area contributed by atoms with Gasteiger partial charge in [-0.2, -0.15) is 5.10 Å². The van der Waals surface area contributed by atoms with E-state index in [0.29, 0.717) is 31.6 Å². The fourth-order valence-corrected chi connectivity index (χ4v) is 3.11. The second kappa shape index (κ2) is 7.09. The lowest BCUT2D eigenvalue weighted by Gasteiger charge is -2.27. The summed E-state index contributed by atoms with van der Waals surface area (Å²) in [6.45, 7) is 6.91. The molecular formula is C19H24N4O2. The molecule has 25 heavy (non-hydrogen) atoms. The van der Waals surface area contributed by atoms with Crippen LogP contribution in [0.1, 0.15) is 46.7 Å². The molecule has 2 aromatic rings. The topological polar surface area (TPSA) is 78.1 Å². The van der Waals surface area contributed by atoms with Crippen LogP contribution in [-0.4, -0.2) is 39.5 Å². The molecule has 1 aliphatic rings. The third-order valence-corrected chi connectivity index (χ3v) is 4.52. The van der Waals surface area contributed by atoms with Gasteiger partial charge in [-0.05, 0) is 31.9 Å². The van der Waals surface area contributed by atoms with Crippen LogP contribution in [0.3, 0.4) is 0 Å². The predicted octanol–water partition coefficient (Wildman–Crippen LogP) is 1.98. The van der Waals surface area contributed by atoms with Crippen molar-refractivity contribution in [1.82, 2.24) is 20.4 Å². The molecule has 1 aromatic heterocycles. The largest absolute Gasteiger partial charge is 0.348 e. The van der Waals surface area contributed by atoms with Gasteiger partial charge in [0.2, 0.25) is 5.91 Å². The quantitative estimate of drug-likeness (QED) is 0.893. The van der Waals surface area contributed by atoms with Gasteiger partial charge in [-0.15, -0.1) is 0 Å². The van der Waals surface area contributed by atoms with Gasteiger partial charge in [-0.25, -0.2) is 0 Å². The standard InChI is InChI=1S/C19H24N4O2/c1-12(2)20-19(25)18-15-11-23(9-8-16(15)21-22-18)17(24)10-14-7-5-4-6-13(14)3/h4-7,12H,8-11H2,1-3H3,(H,20,25)(H,21,22). The van der Waals surface area contributed by atoms with Crippen molar-refractivity contribution in [2.45, 2.75) is 46.2 Å². The number of hydrogen-bond donors (Lipinski definition) is 2. The van der Waals surface area contributed by atoms with Crippen LogP contribution in [0.25, 0.3) is 0 Å². The summed E-state index contributed by atoms with van der Waals surface area (Å²) in [6.07, 6.45) is 1.07. The normalized spacial score (nSPS) is 13.7. The van der Waals surface area contributed by atoms with Crippen molar-refractivity contribution in [1.29, 1.82) is 0 Å². The minimum atomic E-state index is -0.194. The Labute approximate surface area is 147 Å². The first kappa shape index (κ1) is 17.2. The maximum atomic E-state index is 12.7. The van der Waals surface area contributed by atoms with E-state index >= 15 is 0 Å². The monoisotopic (exact) mass is 340 g/mol. The van der Waals surface area contributed by atoms with Gasteiger partial charge in [0.25, 0.3) is 5.91 Å². The van der Waals surface area contributed by atoms with Crippen molar-refractivity contribution in [3.05, 3.63) is 52.3 Å². The predicted molar refractivity (Wildman–Crippen MR) is 95.2 cm³/mol. The van der Waals surface area contributed by atoms with Gasteiger partial charge in [0.15, 0.2) is 5.69 Å². The lowest BCUT2D eigenvalue weighted by atomic mass is 10.0. The number of carbonyl (C=O) groups is 2. The van der Waals surface area contributed by atoms with Gasteiger partial charge in [0, 0.05) is 36.8 Å². The molecular weight excluding hydrogens is 316 g/mol. The Balaban J connectivity index is 1.74. The summed E-state index contributed by atoms with van der Waals surface area (Å²) in [7, 11) is 0. The van der Waals surface area contributed by atoms with Crippen LogP contribution in [0, 0.1) is 6.92 Å². The first-order valence-electron chi connectivity index (χ1n) is 8.65. The van der Waals surface area contributed by atoms with E-state index in [4.69, 9.17) is 0 Å². The van der Waals surface area contributed by atoms with Gasteiger partial charge >= 0.3 is 0 Å². The number of hydrogen-bond acceptors (Lipinski definition) is 3. The highest BCUT2D eigenvalue weighted by Gasteiger charge is 2.28. The average Bonchev–Trinajstić information content (AvgIpc) is 2.99. The Kier molecular flexibility index (Phi) is 4.88. The lowest BCUT2D eigenvalue weighted by molar-refractivity contribution is -0.131. The molecule has 0 bridgehead atoms. The van der Waals surface area contributed by atoms with Gasteiger partial charge in [0.1, 0.15) is 0 Å². The average molecular weight is 340 g/mol. The van der Waals surface area contributed by atoms with Gasteiger partial charge < -0.3 is 10.2 Å². The maximum Gasteiger partial charge on any atom is 0.272 e. The Morgan fingerprint density at radius 3 is 2.80 bits per heavy atom. The van der Waals surface area contributed by atoms with Crippen LogP contribution in [0.5, 0.6) is 0 Å². The highest BCUT2D eigenvalue weighted by molar-refractivity contribution is 5.94. The molecule has 0 spiro atoms. The SMILES string of the molecule is Cc1ccccc1CC(=O)N1CCc2[nH]nc(C(=O)NC(C)C)c2C1. The number of fused-ring (bicyclic) bond motifs is 1. The number of rotatable bonds is 4. The number of benzene rings is 1. The molecule has 2 heterocycles. The summed E-state index contributed by atoms with van der Waals surface area (Å²) in [5.41, 5.74) is 4.35. The molecule has 6 nitrogen and oxygen atoms in total. The number of aromatic nitrogens is 2. The fraction of sp³-hybridized carbons (Fsp3) is 0.421. The van der Waals surface area contributed by atoms with E-state index in [9.17, 15) is 9.59 Å². The molecule has 1 aliphatic heterocycles. The van der Waals surface area contributed by atoms with Crippen LogP contribution in [-0.2, 0) is 24.2 Å². The van der Waals surface area contributed by atoms with Crippen LogP contribution < -0.4 is 5.32 Å². The molecule has 2 N–H and O–H groups in total. The van der Waals surface area contributed by atoms with Gasteiger partial charge in [-0.1, -0.05) is 24.3 Å². The number of H-pyrrole nitrogens is 1. The van der Waals surface area contributed by atoms with Crippen molar-refractivity contribution in [3.63, 3.8) is 0 Å². The number of nitrogens with zero attached hydrogens (tertiary/aromatic N) is 2. The van der Waals surface area contributed by atoms with Crippen LogP contribution in [0.2, 0.25) is 0 Å². The third-order valence-electron chi connectivity index (χ3n) is 4.52. The van der Waals surface area contributed by atoms with E-state index in [0.717, 1.165) is 22.4 Å². The molecule has 6 heteroatoms. The zero-order valence-corrected chi connectivity index (χ0v) is 14.9. The molecule has 0 radical (unpaired) electrons. The van der Waals surface area contributed by atoms with E-state index in [-0.39, 0.29) is 17.9 Å². The second-order valence-electron chi connectivity index (χ2n) is 6.83. The molecule has 0 unspecified atom stereocenters. The molecule has 0 saturated carbocycles. The Morgan fingerprint density at radius 2 is 2.08 bits per heavy atom. The molecule has 0 atom stereocenters. The van der Waals surface area contributed by atoms with Crippen LogP contribution >= 0.6 is 0 Å². The van der Waals surface area contributed by atoms with Crippen LogP contribution in [0.4, 0.5) is 0 Å². The van der Waals surface area contributed by atoms with E-state index < -0.39 is 0 Å². The van der Waals surface area contributed by atoms with Crippen molar-refractivity contribution >= 4 is 11.8 Å². The fourth-order valence-electron chi connectivity index (χ4n) is 3.11. The number of aryl methyl sites for hydroxylation is 1. The van der Waals surface area contributed by atoms with E-state index in [1.54, 1.807) is 0 Å². The zero-order valence-electron chi connectivity index (χ0n) is 14.9. The minimum absolute atomic E-state index is 0.0437. The van der Waals surface area contributed by atoms with E-state index in [1.807, 2.05) is 49.9 Å². The summed E-state index contributed by atoms with van der Waals surface area (Å²) in [4.78, 5) is 26.8. The molecule has 0 aliphatic carbocycles. The van der Waals surface area contributed by atoms with E-state index in [2.05, 4.69) is 15.5 Å². The Morgan fingerprint density at radius 1 is 1.32 bits per heavy atom. The number of amides is 2. The molecule has 0 saturated heterocycles. The van der Waals surface area contributed by atoms with Gasteiger partial charge in [-0.3, -0.25) is 14.7 Å². The molecule has 132 valence electrons. The first-order chi connectivity index (χ1) is 12.0. The van der Waals surface area contributed by atoms with Crippen molar-refractivity contribution < 1.29 is 9.59 Å². The van der Waals surface area contributed by atoms with Crippen LogP contribution in [0.15, 0.2) is 24.3 Å².